The molecule has 0 saturated heterocycles. The molecule has 1 aliphatic rings. The largest absolute Gasteiger partial charge is 0.444 e. The van der Waals surface area contributed by atoms with Crippen molar-refractivity contribution in [1.82, 2.24) is 9.88 Å². The van der Waals surface area contributed by atoms with E-state index in [0.717, 1.165) is 29.4 Å². The second-order valence-electron chi connectivity index (χ2n) is 7.21. The molecule has 1 amide bonds. The van der Waals surface area contributed by atoms with Crippen molar-refractivity contribution in [2.75, 3.05) is 13.1 Å². The second kappa shape index (κ2) is 6.63. The summed E-state index contributed by atoms with van der Waals surface area (Å²) in [6.45, 7) is 6.98. The predicted molar refractivity (Wildman–Crippen MR) is 96.0 cm³/mol. The molecular formula is C20H24N2O2. The Labute approximate surface area is 143 Å². The molecule has 3 rings (SSSR count). The molecule has 0 unspecified atom stereocenters. The summed E-state index contributed by atoms with van der Waals surface area (Å²) >= 11 is 0. The molecule has 0 bridgehead atoms. The second-order valence-corrected chi connectivity index (χ2v) is 7.21. The van der Waals surface area contributed by atoms with Gasteiger partial charge in [0.05, 0.1) is 5.52 Å². The smallest absolute Gasteiger partial charge is 0.410 e. The molecule has 0 saturated carbocycles. The highest BCUT2D eigenvalue weighted by Crippen LogP contribution is 2.19. The van der Waals surface area contributed by atoms with Crippen LogP contribution >= 0.6 is 0 Å². The number of rotatable bonds is 2. The van der Waals surface area contributed by atoms with Crippen LogP contribution in [0.15, 0.2) is 48.0 Å². The van der Waals surface area contributed by atoms with Crippen LogP contribution < -0.4 is 0 Å². The van der Waals surface area contributed by atoms with Gasteiger partial charge in [-0.3, -0.25) is 4.98 Å². The molecule has 2 heterocycles. The van der Waals surface area contributed by atoms with Crippen molar-refractivity contribution in [1.29, 1.82) is 0 Å². The summed E-state index contributed by atoms with van der Waals surface area (Å²) in [6.07, 6.45) is 3.60. The topological polar surface area (TPSA) is 42.4 Å². The fourth-order valence-corrected chi connectivity index (χ4v) is 2.80. The average Bonchev–Trinajstić information content (AvgIpc) is 2.54. The molecule has 4 nitrogen and oxygen atoms in total. The SMILES string of the molecule is CC(C)(C)OC(=O)N1CC=C(Cc2ccc3ccccc3n2)CC1. The van der Waals surface area contributed by atoms with E-state index in [1.807, 2.05) is 39.0 Å². The van der Waals surface area contributed by atoms with Crippen molar-refractivity contribution in [3.8, 4) is 0 Å². The van der Waals surface area contributed by atoms with E-state index in [-0.39, 0.29) is 6.09 Å². The van der Waals surface area contributed by atoms with Crippen LogP contribution in [-0.4, -0.2) is 34.7 Å². The van der Waals surface area contributed by atoms with E-state index in [4.69, 9.17) is 9.72 Å². The molecule has 24 heavy (non-hydrogen) atoms. The van der Waals surface area contributed by atoms with Crippen LogP contribution in [0.4, 0.5) is 4.79 Å². The van der Waals surface area contributed by atoms with E-state index in [1.54, 1.807) is 4.90 Å². The minimum atomic E-state index is -0.448. The number of aromatic nitrogens is 1. The lowest BCUT2D eigenvalue weighted by atomic mass is 10.0. The lowest BCUT2D eigenvalue weighted by Crippen LogP contribution is -2.39. The van der Waals surface area contributed by atoms with Crippen LogP contribution in [0.2, 0.25) is 0 Å². The number of hydrogen-bond acceptors (Lipinski definition) is 3. The zero-order chi connectivity index (χ0) is 17.2. The zero-order valence-corrected chi connectivity index (χ0v) is 14.6. The van der Waals surface area contributed by atoms with Crippen LogP contribution in [0.25, 0.3) is 10.9 Å². The Morgan fingerprint density at radius 1 is 1.21 bits per heavy atom. The molecule has 2 aromatic rings. The Balaban J connectivity index is 1.63. The summed E-state index contributed by atoms with van der Waals surface area (Å²) in [5, 5.41) is 1.16. The molecule has 126 valence electrons. The van der Waals surface area contributed by atoms with Crippen molar-refractivity contribution >= 4 is 17.0 Å². The molecule has 0 fully saturated rings. The number of nitrogens with zero attached hydrogens (tertiary/aromatic N) is 2. The summed E-state index contributed by atoms with van der Waals surface area (Å²) in [4.78, 5) is 18.6. The lowest BCUT2D eigenvalue weighted by molar-refractivity contribution is 0.0265. The molecule has 1 aromatic carbocycles. The molecular weight excluding hydrogens is 300 g/mol. The number of benzene rings is 1. The molecule has 4 heteroatoms. The van der Waals surface area contributed by atoms with Gasteiger partial charge in [-0.15, -0.1) is 0 Å². The van der Waals surface area contributed by atoms with E-state index < -0.39 is 5.60 Å². The van der Waals surface area contributed by atoms with Crippen molar-refractivity contribution < 1.29 is 9.53 Å². The maximum Gasteiger partial charge on any atom is 0.410 e. The number of carbonyl (C=O) groups excluding carboxylic acids is 1. The first kappa shape index (κ1) is 16.5. The van der Waals surface area contributed by atoms with E-state index >= 15 is 0 Å². The van der Waals surface area contributed by atoms with Crippen LogP contribution in [0.5, 0.6) is 0 Å². The van der Waals surface area contributed by atoms with Crippen molar-refractivity contribution in [2.24, 2.45) is 0 Å². The van der Waals surface area contributed by atoms with Crippen LogP contribution in [-0.2, 0) is 11.2 Å². The third-order valence-electron chi connectivity index (χ3n) is 4.02. The van der Waals surface area contributed by atoms with Gasteiger partial charge in [-0.25, -0.2) is 4.79 Å². The fraction of sp³-hybridized carbons (Fsp3) is 0.400. The van der Waals surface area contributed by atoms with Crippen LogP contribution in [0.3, 0.4) is 0 Å². The van der Waals surface area contributed by atoms with Gasteiger partial charge in [0.1, 0.15) is 5.60 Å². The standard InChI is InChI=1S/C20H24N2O2/c1-20(2,3)24-19(23)22-12-10-15(11-13-22)14-17-9-8-16-6-4-5-7-18(16)21-17/h4-10H,11-14H2,1-3H3. The predicted octanol–water partition coefficient (Wildman–Crippen LogP) is 4.34. The molecule has 1 aromatic heterocycles. The first-order chi connectivity index (χ1) is 11.4. The Morgan fingerprint density at radius 2 is 2.00 bits per heavy atom. The number of carbonyl (C=O) groups is 1. The molecule has 0 spiro atoms. The average molecular weight is 324 g/mol. The van der Waals surface area contributed by atoms with E-state index in [2.05, 4.69) is 24.3 Å². The molecule has 0 radical (unpaired) electrons. The molecule has 0 atom stereocenters. The first-order valence-corrected chi connectivity index (χ1v) is 8.41. The Hall–Kier alpha value is -2.36. The van der Waals surface area contributed by atoms with Crippen molar-refractivity contribution in [3.05, 3.63) is 53.7 Å². The maximum absolute atomic E-state index is 12.1. The van der Waals surface area contributed by atoms with E-state index in [9.17, 15) is 4.79 Å². The van der Waals surface area contributed by atoms with Gasteiger partial charge in [-0.05, 0) is 39.3 Å². The van der Waals surface area contributed by atoms with Crippen LogP contribution in [0, 0.1) is 0 Å². The lowest BCUT2D eigenvalue weighted by Gasteiger charge is -2.29. The zero-order valence-electron chi connectivity index (χ0n) is 14.6. The summed E-state index contributed by atoms with van der Waals surface area (Å²) < 4.78 is 5.42. The molecule has 0 aliphatic carbocycles. The maximum atomic E-state index is 12.1. The summed E-state index contributed by atoms with van der Waals surface area (Å²) in [6, 6.07) is 12.4. The number of pyridine rings is 1. The highest BCUT2D eigenvalue weighted by molar-refractivity contribution is 5.78. The van der Waals surface area contributed by atoms with Gasteiger partial charge in [-0.1, -0.05) is 35.9 Å². The minimum absolute atomic E-state index is 0.235. The summed E-state index contributed by atoms with van der Waals surface area (Å²) in [5.74, 6) is 0. The van der Waals surface area contributed by atoms with Crippen LogP contribution in [0.1, 0.15) is 32.9 Å². The highest BCUT2D eigenvalue weighted by atomic mass is 16.6. The van der Waals surface area contributed by atoms with Crippen molar-refractivity contribution in [2.45, 2.75) is 39.2 Å². The quantitative estimate of drug-likeness (QED) is 0.772. The third kappa shape index (κ3) is 4.13. The van der Waals surface area contributed by atoms with E-state index in [1.165, 1.54) is 5.57 Å². The van der Waals surface area contributed by atoms with Gasteiger partial charge >= 0.3 is 6.09 Å². The van der Waals surface area contributed by atoms with Gasteiger partial charge in [-0.2, -0.15) is 0 Å². The van der Waals surface area contributed by atoms with Gasteiger partial charge in [0.15, 0.2) is 0 Å². The third-order valence-corrected chi connectivity index (χ3v) is 4.02. The molecule has 0 N–H and O–H groups in total. The van der Waals surface area contributed by atoms with Gasteiger partial charge in [0.2, 0.25) is 0 Å². The Bertz CT molecular complexity index is 775. The monoisotopic (exact) mass is 324 g/mol. The number of amides is 1. The van der Waals surface area contributed by atoms with Crippen molar-refractivity contribution in [3.63, 3.8) is 0 Å². The van der Waals surface area contributed by atoms with Gasteiger partial charge in [0, 0.05) is 30.6 Å². The normalized spacial score (nSPS) is 15.3. The highest BCUT2D eigenvalue weighted by Gasteiger charge is 2.23. The van der Waals surface area contributed by atoms with Gasteiger partial charge < -0.3 is 9.64 Å². The minimum Gasteiger partial charge on any atom is -0.444 e. The summed E-state index contributed by atoms with van der Waals surface area (Å²) in [7, 11) is 0. The molecule has 1 aliphatic heterocycles. The number of hydrogen-bond donors (Lipinski definition) is 0. The summed E-state index contributed by atoms with van der Waals surface area (Å²) in [5.41, 5.74) is 2.99. The first-order valence-electron chi connectivity index (χ1n) is 8.41. The number of fused-ring (bicyclic) bond motifs is 1. The number of para-hydroxylation sites is 1. The number of ether oxygens (including phenoxy) is 1. The van der Waals surface area contributed by atoms with Gasteiger partial charge in [0.25, 0.3) is 0 Å². The van der Waals surface area contributed by atoms with E-state index in [0.29, 0.717) is 13.1 Å². The Morgan fingerprint density at radius 3 is 2.71 bits per heavy atom. The fourth-order valence-electron chi connectivity index (χ4n) is 2.80. The Kier molecular flexibility index (Phi) is 4.56.